The molecule has 62 heavy (non-hydrogen) atoms. The van der Waals surface area contributed by atoms with Gasteiger partial charge in [0.15, 0.2) is 11.6 Å². The molecule has 0 aliphatic heterocycles. The minimum Gasteiger partial charge on any atom is -0.308 e. The molecule has 4 aromatic heterocycles. The van der Waals surface area contributed by atoms with Gasteiger partial charge < -0.3 is 13.7 Å². The molecule has 0 spiro atoms. The molecule has 0 saturated heterocycles. The molecule has 290 valence electrons. The molecule has 0 radical (unpaired) electrons. The number of hydrogen-bond donors (Lipinski definition) is 0. The van der Waals surface area contributed by atoms with Gasteiger partial charge in [-0.1, -0.05) is 140 Å². The topological polar surface area (TPSA) is 45.5 Å². The van der Waals surface area contributed by atoms with Gasteiger partial charge >= 0.3 is 0 Å². The maximum Gasteiger partial charge on any atom is 0.168 e. The largest absolute Gasteiger partial charge is 0.308 e. The monoisotopic (exact) mass is 792 g/mol. The summed E-state index contributed by atoms with van der Waals surface area (Å²) in [6.45, 7) is 0. The van der Waals surface area contributed by atoms with E-state index in [1.54, 1.807) is 0 Å². The molecule has 0 saturated carbocycles. The van der Waals surface area contributed by atoms with Crippen LogP contribution in [0.3, 0.4) is 0 Å². The van der Waals surface area contributed by atoms with E-state index in [1.165, 1.54) is 32.4 Å². The number of hydrogen-bond acceptors (Lipinski definition) is 2. The Balaban J connectivity index is 1.28. The fourth-order valence-corrected chi connectivity index (χ4v) is 9.94. The van der Waals surface area contributed by atoms with Gasteiger partial charge in [0, 0.05) is 66.2 Å². The zero-order valence-corrected chi connectivity index (χ0v) is 33.5. The average Bonchev–Trinajstić information content (AvgIpc) is 4.11. The Labute approximate surface area is 356 Å². The van der Waals surface area contributed by atoms with E-state index in [0.717, 1.165) is 78.5 Å². The maximum atomic E-state index is 4.98. The Morgan fingerprint density at radius 1 is 0.258 bits per heavy atom. The zero-order chi connectivity index (χ0) is 40.7. The molecule has 9 aromatic carbocycles. The predicted octanol–water partition coefficient (Wildman–Crippen LogP) is 13.9. The molecular formula is C56H36N6. The van der Waals surface area contributed by atoms with E-state index >= 15 is 0 Å². The number of para-hydroxylation sites is 6. The van der Waals surface area contributed by atoms with Crippen LogP contribution in [-0.2, 0) is 0 Å². The van der Waals surface area contributed by atoms with Crippen molar-refractivity contribution in [3.05, 3.63) is 218 Å². The number of fused-ring (bicyclic) bond motifs is 12. The molecule has 13 rings (SSSR count). The molecule has 0 aliphatic rings. The molecular weight excluding hydrogens is 757 g/mol. The first-order valence-electron chi connectivity index (χ1n) is 21.0. The van der Waals surface area contributed by atoms with Gasteiger partial charge in [0.2, 0.25) is 0 Å². The predicted molar refractivity (Wildman–Crippen MR) is 255 cm³/mol. The molecule has 0 fully saturated rings. The second kappa shape index (κ2) is 13.5. The molecule has 0 N–H and O–H groups in total. The molecule has 6 heteroatoms. The maximum absolute atomic E-state index is 4.98. The summed E-state index contributed by atoms with van der Waals surface area (Å²) in [5, 5.41) is 17.0. The lowest BCUT2D eigenvalue weighted by molar-refractivity contribution is 1.07. The van der Waals surface area contributed by atoms with E-state index in [1.807, 2.05) is 12.1 Å². The lowest BCUT2D eigenvalue weighted by atomic mass is 10.0. The first kappa shape index (κ1) is 34.4. The highest BCUT2D eigenvalue weighted by Gasteiger charge is 2.29. The molecule has 0 bridgehead atoms. The van der Waals surface area contributed by atoms with Gasteiger partial charge in [-0.25, -0.2) is 0 Å². The van der Waals surface area contributed by atoms with Crippen LogP contribution in [0.15, 0.2) is 218 Å². The van der Waals surface area contributed by atoms with Crippen LogP contribution in [0.1, 0.15) is 0 Å². The summed E-state index contributed by atoms with van der Waals surface area (Å²) < 4.78 is 9.65. The molecule has 0 amide bonds. The summed E-state index contributed by atoms with van der Waals surface area (Å²) in [6, 6.07) is 77.9. The van der Waals surface area contributed by atoms with E-state index in [4.69, 9.17) is 10.2 Å². The van der Waals surface area contributed by atoms with Crippen LogP contribution in [0.25, 0.3) is 111 Å². The van der Waals surface area contributed by atoms with E-state index in [-0.39, 0.29) is 0 Å². The average molecular weight is 793 g/mol. The molecule has 0 aliphatic carbocycles. The smallest absolute Gasteiger partial charge is 0.168 e. The third kappa shape index (κ3) is 4.92. The Morgan fingerprint density at radius 2 is 0.597 bits per heavy atom. The van der Waals surface area contributed by atoms with Gasteiger partial charge in [-0.2, -0.15) is 0 Å². The molecule has 0 unspecified atom stereocenters. The Morgan fingerprint density at radius 3 is 1.05 bits per heavy atom. The van der Waals surface area contributed by atoms with E-state index in [0.29, 0.717) is 0 Å². The minimum atomic E-state index is 0.777. The fraction of sp³-hybridized carbons (Fsp3) is 0. The normalized spacial score (nSPS) is 11.9. The second-order valence-corrected chi connectivity index (χ2v) is 15.8. The lowest BCUT2D eigenvalue weighted by Gasteiger charge is -2.13. The fourth-order valence-electron chi connectivity index (χ4n) is 9.94. The Bertz CT molecular complexity index is 3780. The van der Waals surface area contributed by atoms with Gasteiger partial charge in [0.05, 0.1) is 33.1 Å². The third-order valence-electron chi connectivity index (χ3n) is 12.4. The van der Waals surface area contributed by atoms with Crippen molar-refractivity contribution >= 4 is 65.4 Å². The third-order valence-corrected chi connectivity index (χ3v) is 12.4. The number of rotatable bonds is 6. The molecule has 6 nitrogen and oxygen atoms in total. The molecule has 0 atom stereocenters. The summed E-state index contributed by atoms with van der Waals surface area (Å²) in [7, 11) is 0. The zero-order valence-electron chi connectivity index (χ0n) is 33.5. The highest BCUT2D eigenvalue weighted by molar-refractivity contribution is 6.40. The first-order chi connectivity index (χ1) is 30.8. The quantitative estimate of drug-likeness (QED) is 0.168. The van der Waals surface area contributed by atoms with Crippen LogP contribution in [0.4, 0.5) is 0 Å². The van der Waals surface area contributed by atoms with Crippen LogP contribution >= 0.6 is 0 Å². The minimum absolute atomic E-state index is 0.777. The van der Waals surface area contributed by atoms with E-state index < -0.39 is 0 Å². The van der Waals surface area contributed by atoms with Crippen molar-refractivity contribution in [2.75, 3.05) is 0 Å². The standard InChI is InChI=1S/C56H36N6/c1-6-20-37(21-7-1)55-57-58-56(62(55)42-28-14-5-15-29-42)38-34-35-48-45(36-38)51-53-49(44-31-17-19-33-47(44)60(53)40-24-10-3-11-25-40)52-50(54(51)61(48)41-26-12-4-13-27-41)43-30-16-18-32-46(43)59(52)39-22-8-2-9-23-39/h1-36H. The van der Waals surface area contributed by atoms with E-state index in [9.17, 15) is 0 Å². The highest BCUT2D eigenvalue weighted by atomic mass is 15.3. The molecule has 13 aromatic rings. The van der Waals surface area contributed by atoms with Gasteiger partial charge in [-0.3, -0.25) is 4.57 Å². The summed E-state index contributed by atoms with van der Waals surface area (Å²) in [5.74, 6) is 1.57. The van der Waals surface area contributed by atoms with Crippen molar-refractivity contribution in [2.24, 2.45) is 0 Å². The van der Waals surface area contributed by atoms with Gasteiger partial charge in [0.25, 0.3) is 0 Å². The SMILES string of the molecule is c1ccc(-c2nnc(-c3ccc4c(c3)c3c5c(c6ccccc6n5-c5ccccc5)c5c(c6ccccc6n5-c5ccccc5)c3n4-c3ccccc3)n2-c2ccccc2)cc1. The van der Waals surface area contributed by atoms with Crippen LogP contribution in [0.5, 0.6) is 0 Å². The number of aromatic nitrogens is 6. The Hall–Kier alpha value is -8.48. The molecule has 4 heterocycles. The van der Waals surface area contributed by atoms with Gasteiger partial charge in [-0.15, -0.1) is 10.2 Å². The van der Waals surface area contributed by atoms with Crippen LogP contribution in [0, 0.1) is 0 Å². The summed E-state index contributed by atoms with van der Waals surface area (Å²) in [4.78, 5) is 0. The van der Waals surface area contributed by atoms with Crippen molar-refractivity contribution in [1.82, 2.24) is 28.5 Å². The first-order valence-corrected chi connectivity index (χ1v) is 21.0. The number of nitrogens with zero attached hydrogens (tertiary/aromatic N) is 6. The Kier molecular flexibility index (Phi) is 7.50. The van der Waals surface area contributed by atoms with Crippen molar-refractivity contribution in [1.29, 1.82) is 0 Å². The summed E-state index contributed by atoms with van der Waals surface area (Å²) in [6.07, 6.45) is 0. The van der Waals surface area contributed by atoms with Crippen molar-refractivity contribution < 1.29 is 0 Å². The van der Waals surface area contributed by atoms with Crippen molar-refractivity contribution in [2.45, 2.75) is 0 Å². The van der Waals surface area contributed by atoms with Crippen LogP contribution < -0.4 is 0 Å². The number of benzene rings is 9. The van der Waals surface area contributed by atoms with Crippen molar-refractivity contribution in [3.63, 3.8) is 0 Å². The lowest BCUT2D eigenvalue weighted by Crippen LogP contribution is -2.00. The van der Waals surface area contributed by atoms with Crippen LogP contribution in [-0.4, -0.2) is 28.5 Å². The van der Waals surface area contributed by atoms with Gasteiger partial charge in [-0.05, 0) is 78.9 Å². The highest BCUT2D eigenvalue weighted by Crippen LogP contribution is 2.50. The van der Waals surface area contributed by atoms with Crippen molar-refractivity contribution in [3.8, 4) is 45.5 Å². The van der Waals surface area contributed by atoms with Gasteiger partial charge in [0.1, 0.15) is 0 Å². The van der Waals surface area contributed by atoms with Crippen LogP contribution in [0.2, 0.25) is 0 Å². The van der Waals surface area contributed by atoms with E-state index in [2.05, 4.69) is 225 Å². The summed E-state index contributed by atoms with van der Waals surface area (Å²) in [5.41, 5.74) is 13.2. The summed E-state index contributed by atoms with van der Waals surface area (Å²) >= 11 is 0. The second-order valence-electron chi connectivity index (χ2n) is 15.8.